The average Bonchev–Trinajstić information content (AvgIpc) is 2.24. The third kappa shape index (κ3) is 3.93. The highest BCUT2D eigenvalue weighted by molar-refractivity contribution is 9.10. The first-order valence-electron chi connectivity index (χ1n) is 5.38. The van der Waals surface area contributed by atoms with E-state index in [-0.39, 0.29) is 22.9 Å². The highest BCUT2D eigenvalue weighted by Gasteiger charge is 2.20. The molecular formula is C12H14BrClN2OS. The first-order valence-corrected chi connectivity index (χ1v) is 6.96. The van der Waals surface area contributed by atoms with Crippen molar-refractivity contribution in [3.8, 4) is 0 Å². The lowest BCUT2D eigenvalue weighted by Gasteiger charge is -2.21. The summed E-state index contributed by atoms with van der Waals surface area (Å²) in [7, 11) is 0. The predicted octanol–water partition coefficient (Wildman–Crippen LogP) is 3.14. The lowest BCUT2D eigenvalue weighted by molar-refractivity contribution is 0.0940. The average molecular weight is 350 g/mol. The molecule has 0 radical (unpaired) electrons. The van der Waals surface area contributed by atoms with Crippen molar-refractivity contribution in [1.29, 1.82) is 0 Å². The van der Waals surface area contributed by atoms with Crippen LogP contribution in [-0.4, -0.2) is 16.9 Å². The maximum absolute atomic E-state index is 12.1. The Bertz CT molecular complexity index is 479. The van der Waals surface area contributed by atoms with Gasteiger partial charge in [0.2, 0.25) is 0 Å². The smallest absolute Gasteiger partial charge is 0.253 e. The van der Waals surface area contributed by atoms with Crippen LogP contribution in [0.15, 0.2) is 22.7 Å². The lowest BCUT2D eigenvalue weighted by atomic mass is 10.0. The number of nitrogens with two attached hydrogens (primary N) is 1. The standard InChI is InChI=1S/C12H14BrClN2OS/c1-6(2)10(11(15)18)16-12(17)8-4-3-7(13)5-9(8)14/h3-6,10H,1-2H3,(H2,15,18)(H,16,17). The van der Waals surface area contributed by atoms with E-state index < -0.39 is 0 Å². The molecule has 3 N–H and O–H groups in total. The summed E-state index contributed by atoms with van der Waals surface area (Å²) < 4.78 is 0.818. The molecule has 0 saturated heterocycles. The third-order valence-electron chi connectivity index (χ3n) is 2.44. The van der Waals surface area contributed by atoms with Gasteiger partial charge < -0.3 is 11.1 Å². The molecule has 0 fully saturated rings. The van der Waals surface area contributed by atoms with Crippen molar-refractivity contribution < 1.29 is 4.79 Å². The number of carbonyl (C=O) groups is 1. The molecule has 0 heterocycles. The van der Waals surface area contributed by atoms with Crippen molar-refractivity contribution in [2.45, 2.75) is 19.9 Å². The molecule has 0 aliphatic rings. The maximum Gasteiger partial charge on any atom is 0.253 e. The maximum atomic E-state index is 12.1. The predicted molar refractivity (Wildman–Crippen MR) is 82.0 cm³/mol. The fraction of sp³-hybridized carbons (Fsp3) is 0.333. The van der Waals surface area contributed by atoms with Crippen LogP contribution in [0.3, 0.4) is 0 Å². The Balaban J connectivity index is 2.91. The van der Waals surface area contributed by atoms with Gasteiger partial charge in [-0.2, -0.15) is 0 Å². The quantitative estimate of drug-likeness (QED) is 0.821. The topological polar surface area (TPSA) is 55.1 Å². The van der Waals surface area contributed by atoms with Crippen LogP contribution in [0.1, 0.15) is 24.2 Å². The van der Waals surface area contributed by atoms with Gasteiger partial charge in [-0.1, -0.05) is 53.6 Å². The van der Waals surface area contributed by atoms with Gasteiger partial charge >= 0.3 is 0 Å². The monoisotopic (exact) mass is 348 g/mol. The molecule has 1 aromatic carbocycles. The molecule has 0 aliphatic heterocycles. The van der Waals surface area contributed by atoms with Gasteiger partial charge in [0.25, 0.3) is 5.91 Å². The Morgan fingerprint density at radius 3 is 2.56 bits per heavy atom. The lowest BCUT2D eigenvalue weighted by Crippen LogP contribution is -2.46. The van der Waals surface area contributed by atoms with E-state index in [4.69, 9.17) is 29.6 Å². The molecule has 1 unspecified atom stereocenters. The number of benzene rings is 1. The largest absolute Gasteiger partial charge is 0.392 e. The highest BCUT2D eigenvalue weighted by Crippen LogP contribution is 2.21. The zero-order valence-electron chi connectivity index (χ0n) is 10.0. The highest BCUT2D eigenvalue weighted by atomic mass is 79.9. The molecule has 0 aromatic heterocycles. The molecule has 0 aliphatic carbocycles. The number of hydrogen-bond acceptors (Lipinski definition) is 2. The normalized spacial score (nSPS) is 12.3. The molecule has 1 rings (SSSR count). The van der Waals surface area contributed by atoms with Crippen molar-refractivity contribution in [1.82, 2.24) is 5.32 Å². The van der Waals surface area contributed by atoms with Crippen LogP contribution >= 0.6 is 39.7 Å². The molecule has 6 heteroatoms. The van der Waals surface area contributed by atoms with Gasteiger partial charge in [0, 0.05) is 4.47 Å². The first kappa shape index (κ1) is 15.4. The van der Waals surface area contributed by atoms with Crippen molar-refractivity contribution >= 4 is 50.6 Å². The fourth-order valence-corrected chi connectivity index (χ4v) is 2.55. The van der Waals surface area contributed by atoms with E-state index in [0.717, 1.165) is 4.47 Å². The van der Waals surface area contributed by atoms with Crippen molar-refractivity contribution in [2.75, 3.05) is 0 Å². The Labute approximate surface area is 125 Å². The molecule has 1 aromatic rings. The molecule has 1 atom stereocenters. The van der Waals surface area contributed by atoms with E-state index in [1.54, 1.807) is 18.2 Å². The Morgan fingerprint density at radius 1 is 1.50 bits per heavy atom. The number of halogens is 2. The molecule has 0 bridgehead atoms. The minimum absolute atomic E-state index is 0.126. The third-order valence-corrected chi connectivity index (χ3v) is 3.50. The van der Waals surface area contributed by atoms with E-state index in [9.17, 15) is 4.79 Å². The second-order valence-corrected chi connectivity index (χ2v) is 6.02. The molecule has 0 saturated carbocycles. The van der Waals surface area contributed by atoms with Crippen LogP contribution in [0.25, 0.3) is 0 Å². The van der Waals surface area contributed by atoms with E-state index >= 15 is 0 Å². The minimum atomic E-state index is -0.341. The van der Waals surface area contributed by atoms with Crippen LogP contribution in [0.2, 0.25) is 5.02 Å². The SMILES string of the molecule is CC(C)C(NC(=O)c1ccc(Br)cc1Cl)C(N)=S. The molecule has 18 heavy (non-hydrogen) atoms. The van der Waals surface area contributed by atoms with Crippen LogP contribution in [0, 0.1) is 5.92 Å². The number of hydrogen-bond donors (Lipinski definition) is 2. The van der Waals surface area contributed by atoms with Crippen molar-refractivity contribution in [3.05, 3.63) is 33.3 Å². The molecule has 1 amide bonds. The van der Waals surface area contributed by atoms with Crippen molar-refractivity contribution in [2.24, 2.45) is 11.7 Å². The van der Waals surface area contributed by atoms with Gasteiger partial charge in [0.1, 0.15) is 0 Å². The number of amides is 1. The summed E-state index contributed by atoms with van der Waals surface area (Å²) in [5.74, 6) is -0.153. The molecule has 3 nitrogen and oxygen atoms in total. The van der Waals surface area contributed by atoms with Crippen LogP contribution < -0.4 is 11.1 Å². The number of rotatable bonds is 4. The van der Waals surface area contributed by atoms with E-state index in [0.29, 0.717) is 10.6 Å². The number of carbonyl (C=O) groups excluding carboxylic acids is 1. The minimum Gasteiger partial charge on any atom is -0.392 e. The summed E-state index contributed by atoms with van der Waals surface area (Å²) >= 11 is 14.2. The van der Waals surface area contributed by atoms with Crippen LogP contribution in [-0.2, 0) is 0 Å². The zero-order valence-corrected chi connectivity index (χ0v) is 13.2. The van der Waals surface area contributed by atoms with Crippen LogP contribution in [0.5, 0.6) is 0 Å². The first-order chi connectivity index (χ1) is 8.32. The zero-order chi connectivity index (χ0) is 13.9. The van der Waals surface area contributed by atoms with E-state index in [1.807, 2.05) is 13.8 Å². The van der Waals surface area contributed by atoms with Gasteiger partial charge in [-0.05, 0) is 24.1 Å². The molecular weight excluding hydrogens is 336 g/mol. The fourth-order valence-electron chi connectivity index (χ4n) is 1.46. The van der Waals surface area contributed by atoms with Crippen molar-refractivity contribution in [3.63, 3.8) is 0 Å². The van der Waals surface area contributed by atoms with Gasteiger partial charge in [-0.3, -0.25) is 4.79 Å². The second kappa shape index (κ2) is 6.50. The van der Waals surface area contributed by atoms with Gasteiger partial charge in [0.15, 0.2) is 0 Å². The Kier molecular flexibility index (Phi) is 5.56. The molecule has 0 spiro atoms. The van der Waals surface area contributed by atoms with E-state index in [1.165, 1.54) is 0 Å². The van der Waals surface area contributed by atoms with Gasteiger partial charge in [-0.15, -0.1) is 0 Å². The number of nitrogens with one attached hydrogen (secondary N) is 1. The van der Waals surface area contributed by atoms with E-state index in [2.05, 4.69) is 21.2 Å². The summed E-state index contributed by atoms with van der Waals surface area (Å²) in [5, 5.41) is 3.17. The Hall–Kier alpha value is -0.650. The number of thiocarbonyl (C=S) groups is 1. The second-order valence-electron chi connectivity index (χ2n) is 4.22. The van der Waals surface area contributed by atoms with Gasteiger partial charge in [-0.25, -0.2) is 0 Å². The molecule has 98 valence electrons. The Morgan fingerprint density at radius 2 is 2.11 bits per heavy atom. The van der Waals surface area contributed by atoms with Crippen LogP contribution in [0.4, 0.5) is 0 Å². The summed E-state index contributed by atoms with van der Waals surface area (Å²) in [4.78, 5) is 12.3. The summed E-state index contributed by atoms with van der Waals surface area (Å²) in [6, 6.07) is 4.74. The summed E-state index contributed by atoms with van der Waals surface area (Å²) in [5.41, 5.74) is 6.01. The summed E-state index contributed by atoms with van der Waals surface area (Å²) in [6.45, 7) is 3.88. The summed E-state index contributed by atoms with van der Waals surface area (Å²) in [6.07, 6.45) is 0. The van der Waals surface area contributed by atoms with Gasteiger partial charge in [0.05, 0.1) is 21.6 Å².